The minimum absolute atomic E-state index is 1.20. The van der Waals surface area contributed by atoms with Crippen LogP contribution in [0.4, 0.5) is 0 Å². The van der Waals surface area contributed by atoms with E-state index in [9.17, 15) is 0 Å². The lowest BCUT2D eigenvalue weighted by Gasteiger charge is -2.09. The van der Waals surface area contributed by atoms with Crippen molar-refractivity contribution in [2.45, 2.75) is 20.8 Å². The van der Waals surface area contributed by atoms with Gasteiger partial charge in [0.2, 0.25) is 0 Å². The van der Waals surface area contributed by atoms with Crippen LogP contribution >= 0.6 is 0 Å². The normalized spacial score (nSPS) is 11.8. The molecule has 0 aliphatic carbocycles. The fourth-order valence-corrected chi connectivity index (χ4v) is 2.25. The summed E-state index contributed by atoms with van der Waals surface area (Å²) in [4.78, 5) is 0. The Kier molecular flexibility index (Phi) is 3.14. The Balaban J connectivity index is 2.73. The van der Waals surface area contributed by atoms with Gasteiger partial charge < -0.3 is 0 Å². The third-order valence-electron chi connectivity index (χ3n) is 3.26. The van der Waals surface area contributed by atoms with E-state index < -0.39 is 0 Å². The Hall–Kier alpha value is -1.82. The molecule has 0 fully saturated rings. The predicted octanol–water partition coefficient (Wildman–Crippen LogP) is 5.05. The van der Waals surface area contributed by atoms with Crippen LogP contribution in [0, 0.1) is 13.8 Å². The number of rotatable bonds is 2. The molecule has 0 heterocycles. The first kappa shape index (κ1) is 11.7. The molecular formula is C17H18. The number of aryl methyl sites for hydroxylation is 2. The predicted molar refractivity (Wildman–Crippen MR) is 77.3 cm³/mol. The van der Waals surface area contributed by atoms with Crippen LogP contribution in [0.2, 0.25) is 0 Å². The Morgan fingerprint density at radius 3 is 2.59 bits per heavy atom. The van der Waals surface area contributed by atoms with Gasteiger partial charge in [-0.2, -0.15) is 0 Å². The molecular weight excluding hydrogens is 204 g/mol. The van der Waals surface area contributed by atoms with Crippen LogP contribution in [0.15, 0.2) is 48.6 Å². The Morgan fingerprint density at radius 1 is 1.12 bits per heavy atom. The second-order valence-electron chi connectivity index (χ2n) is 4.55. The molecule has 0 amide bonds. The van der Waals surface area contributed by atoms with E-state index >= 15 is 0 Å². The summed E-state index contributed by atoms with van der Waals surface area (Å²) in [5.41, 5.74) is 5.17. The standard InChI is InChI=1S/C17H18/c1-5-12(2)11-16-10-9-15-8-6-7-13(3)17(15)14(16)4/h5-11H,1H2,2-4H3/b12-11-. The molecule has 0 aliphatic heterocycles. The molecule has 0 bridgehead atoms. The molecule has 2 aromatic rings. The molecule has 0 aliphatic rings. The third-order valence-corrected chi connectivity index (χ3v) is 3.26. The highest BCUT2D eigenvalue weighted by Crippen LogP contribution is 2.26. The van der Waals surface area contributed by atoms with Gasteiger partial charge in [-0.05, 0) is 48.2 Å². The number of allylic oxidation sites excluding steroid dienone is 2. The fourth-order valence-electron chi connectivity index (χ4n) is 2.25. The summed E-state index contributed by atoms with van der Waals surface area (Å²) in [6, 6.07) is 10.8. The Morgan fingerprint density at radius 2 is 1.88 bits per heavy atom. The Labute approximate surface area is 103 Å². The lowest BCUT2D eigenvalue weighted by molar-refractivity contribution is 1.43. The molecule has 2 aromatic carbocycles. The maximum atomic E-state index is 3.80. The molecule has 0 N–H and O–H groups in total. The van der Waals surface area contributed by atoms with E-state index in [2.05, 4.69) is 63.8 Å². The highest BCUT2D eigenvalue weighted by atomic mass is 14.1. The highest BCUT2D eigenvalue weighted by Gasteiger charge is 2.03. The van der Waals surface area contributed by atoms with Gasteiger partial charge in [0.15, 0.2) is 0 Å². The van der Waals surface area contributed by atoms with Gasteiger partial charge in [-0.25, -0.2) is 0 Å². The van der Waals surface area contributed by atoms with Crippen molar-refractivity contribution in [2.24, 2.45) is 0 Å². The maximum absolute atomic E-state index is 3.80. The van der Waals surface area contributed by atoms with E-state index in [1.165, 1.54) is 33.0 Å². The molecule has 0 nitrogen and oxygen atoms in total. The van der Waals surface area contributed by atoms with E-state index in [0.29, 0.717) is 0 Å². The van der Waals surface area contributed by atoms with Crippen LogP contribution < -0.4 is 0 Å². The number of fused-ring (bicyclic) bond motifs is 1. The minimum Gasteiger partial charge on any atom is -0.0988 e. The highest BCUT2D eigenvalue weighted by molar-refractivity contribution is 5.91. The van der Waals surface area contributed by atoms with Crippen molar-refractivity contribution >= 4 is 16.8 Å². The molecule has 2 rings (SSSR count). The van der Waals surface area contributed by atoms with Gasteiger partial charge in [-0.1, -0.05) is 54.6 Å². The van der Waals surface area contributed by atoms with Crippen molar-refractivity contribution in [1.82, 2.24) is 0 Å². The topological polar surface area (TPSA) is 0 Å². The molecule has 0 radical (unpaired) electrons. The summed E-state index contributed by atoms with van der Waals surface area (Å²) in [6.07, 6.45) is 4.08. The van der Waals surface area contributed by atoms with E-state index in [1.807, 2.05) is 6.08 Å². The summed E-state index contributed by atoms with van der Waals surface area (Å²) in [5, 5.41) is 2.69. The summed E-state index contributed by atoms with van der Waals surface area (Å²) >= 11 is 0. The minimum atomic E-state index is 1.20. The first-order valence-electron chi connectivity index (χ1n) is 5.93. The second kappa shape index (κ2) is 4.58. The van der Waals surface area contributed by atoms with E-state index in [4.69, 9.17) is 0 Å². The zero-order valence-corrected chi connectivity index (χ0v) is 10.7. The molecule has 0 aromatic heterocycles. The van der Waals surface area contributed by atoms with Crippen molar-refractivity contribution in [3.8, 4) is 0 Å². The van der Waals surface area contributed by atoms with Gasteiger partial charge in [0.05, 0.1) is 0 Å². The van der Waals surface area contributed by atoms with Crippen LogP contribution in [0.3, 0.4) is 0 Å². The average molecular weight is 222 g/mol. The van der Waals surface area contributed by atoms with E-state index in [0.717, 1.165) is 0 Å². The zero-order valence-electron chi connectivity index (χ0n) is 10.7. The van der Waals surface area contributed by atoms with E-state index in [1.54, 1.807) is 0 Å². The number of hydrogen-bond donors (Lipinski definition) is 0. The molecule has 0 heteroatoms. The first-order chi connectivity index (χ1) is 8.13. The SMILES string of the molecule is C=C/C(C)=C\c1ccc2cccc(C)c2c1C. The zero-order chi connectivity index (χ0) is 12.4. The van der Waals surface area contributed by atoms with Gasteiger partial charge in [-0.3, -0.25) is 0 Å². The van der Waals surface area contributed by atoms with Crippen molar-refractivity contribution < 1.29 is 0 Å². The summed E-state index contributed by atoms with van der Waals surface area (Å²) < 4.78 is 0. The molecule has 17 heavy (non-hydrogen) atoms. The average Bonchev–Trinajstić information content (AvgIpc) is 2.32. The van der Waals surface area contributed by atoms with Crippen LogP contribution in [-0.4, -0.2) is 0 Å². The smallest absolute Gasteiger partial charge is 0.0119 e. The maximum Gasteiger partial charge on any atom is -0.0119 e. The fraction of sp³-hybridized carbons (Fsp3) is 0.176. The molecule has 0 unspecified atom stereocenters. The van der Waals surface area contributed by atoms with Gasteiger partial charge >= 0.3 is 0 Å². The van der Waals surface area contributed by atoms with Crippen LogP contribution in [-0.2, 0) is 0 Å². The molecule has 0 spiro atoms. The Bertz CT molecular complexity index is 601. The van der Waals surface area contributed by atoms with Crippen LogP contribution in [0.5, 0.6) is 0 Å². The van der Waals surface area contributed by atoms with Crippen LogP contribution in [0.25, 0.3) is 16.8 Å². The quantitative estimate of drug-likeness (QED) is 0.624. The first-order valence-corrected chi connectivity index (χ1v) is 5.93. The molecule has 0 saturated heterocycles. The molecule has 0 atom stereocenters. The van der Waals surface area contributed by atoms with Crippen molar-refractivity contribution in [3.63, 3.8) is 0 Å². The van der Waals surface area contributed by atoms with Crippen molar-refractivity contribution in [2.75, 3.05) is 0 Å². The van der Waals surface area contributed by atoms with Crippen LogP contribution in [0.1, 0.15) is 23.6 Å². The van der Waals surface area contributed by atoms with Crippen molar-refractivity contribution in [1.29, 1.82) is 0 Å². The second-order valence-corrected chi connectivity index (χ2v) is 4.55. The van der Waals surface area contributed by atoms with Crippen molar-refractivity contribution in [3.05, 3.63) is 65.3 Å². The molecule has 86 valence electrons. The van der Waals surface area contributed by atoms with Gasteiger partial charge in [-0.15, -0.1) is 0 Å². The number of hydrogen-bond acceptors (Lipinski definition) is 0. The summed E-state index contributed by atoms with van der Waals surface area (Å²) in [6.45, 7) is 10.2. The monoisotopic (exact) mass is 222 g/mol. The summed E-state index contributed by atoms with van der Waals surface area (Å²) in [7, 11) is 0. The third kappa shape index (κ3) is 2.16. The number of benzene rings is 2. The van der Waals surface area contributed by atoms with Gasteiger partial charge in [0.25, 0.3) is 0 Å². The van der Waals surface area contributed by atoms with Gasteiger partial charge in [0.1, 0.15) is 0 Å². The summed E-state index contributed by atoms with van der Waals surface area (Å²) in [5.74, 6) is 0. The lowest BCUT2D eigenvalue weighted by atomic mass is 9.95. The largest absolute Gasteiger partial charge is 0.0988 e. The lowest BCUT2D eigenvalue weighted by Crippen LogP contribution is -1.87. The van der Waals surface area contributed by atoms with E-state index in [-0.39, 0.29) is 0 Å². The molecule has 0 saturated carbocycles. The van der Waals surface area contributed by atoms with Gasteiger partial charge in [0, 0.05) is 0 Å².